The maximum Gasteiger partial charge on any atom is 0.325 e. The Bertz CT molecular complexity index is 491. The van der Waals surface area contributed by atoms with Crippen molar-refractivity contribution in [3.05, 3.63) is 17.1 Å². The zero-order valence-corrected chi connectivity index (χ0v) is 11.5. The smallest absolute Gasteiger partial charge is 0.325 e. The quantitative estimate of drug-likeness (QED) is 0.626. The van der Waals surface area contributed by atoms with Crippen molar-refractivity contribution in [3.63, 3.8) is 0 Å². The average molecular weight is 269 g/mol. The Morgan fingerprint density at radius 1 is 1.33 bits per heavy atom. The van der Waals surface area contributed by atoms with Crippen LogP contribution < -0.4 is 5.32 Å². The number of aryl methyl sites for hydroxylation is 2. The molecule has 7 heteroatoms. The molecule has 6 nitrogen and oxygen atoms in total. The molecule has 0 fully saturated rings. The van der Waals surface area contributed by atoms with Crippen LogP contribution in [0.2, 0.25) is 0 Å². The van der Waals surface area contributed by atoms with Crippen molar-refractivity contribution in [2.75, 3.05) is 6.26 Å². The van der Waals surface area contributed by atoms with Crippen molar-refractivity contribution >= 4 is 23.6 Å². The van der Waals surface area contributed by atoms with Crippen LogP contribution in [0.25, 0.3) is 0 Å². The average Bonchev–Trinajstić information content (AvgIpc) is 2.27. The van der Waals surface area contributed by atoms with Gasteiger partial charge in [-0.25, -0.2) is 9.97 Å². The van der Waals surface area contributed by atoms with E-state index in [9.17, 15) is 9.59 Å². The lowest BCUT2D eigenvalue weighted by molar-refractivity contribution is -0.138. The second-order valence-electron chi connectivity index (χ2n) is 3.77. The Labute approximate surface area is 109 Å². The Hall–Kier alpha value is -1.63. The Balaban J connectivity index is 3.09. The van der Waals surface area contributed by atoms with Crippen LogP contribution in [0.15, 0.2) is 5.03 Å². The van der Waals surface area contributed by atoms with Crippen molar-refractivity contribution in [3.8, 4) is 0 Å². The topological polar surface area (TPSA) is 92.2 Å². The van der Waals surface area contributed by atoms with Gasteiger partial charge in [-0.05, 0) is 27.0 Å². The van der Waals surface area contributed by atoms with Crippen LogP contribution in [0.1, 0.15) is 28.8 Å². The number of carbonyl (C=O) groups is 2. The monoisotopic (exact) mass is 269 g/mol. The Morgan fingerprint density at radius 3 is 2.44 bits per heavy atom. The van der Waals surface area contributed by atoms with Crippen LogP contribution in [0, 0.1) is 13.8 Å². The van der Waals surface area contributed by atoms with Crippen molar-refractivity contribution in [2.45, 2.75) is 31.8 Å². The normalized spacial score (nSPS) is 12.0. The van der Waals surface area contributed by atoms with Crippen molar-refractivity contribution in [1.82, 2.24) is 15.3 Å². The number of rotatable bonds is 4. The van der Waals surface area contributed by atoms with E-state index < -0.39 is 17.9 Å². The summed E-state index contributed by atoms with van der Waals surface area (Å²) >= 11 is 1.33. The van der Waals surface area contributed by atoms with Gasteiger partial charge in [0, 0.05) is 0 Å². The maximum absolute atomic E-state index is 12.0. The third kappa shape index (κ3) is 3.19. The van der Waals surface area contributed by atoms with Crippen LogP contribution >= 0.6 is 11.8 Å². The van der Waals surface area contributed by atoms with Gasteiger partial charge in [0.2, 0.25) is 0 Å². The van der Waals surface area contributed by atoms with Gasteiger partial charge in [-0.15, -0.1) is 11.8 Å². The molecule has 1 heterocycles. The van der Waals surface area contributed by atoms with Gasteiger partial charge in [-0.3, -0.25) is 9.59 Å². The van der Waals surface area contributed by atoms with Crippen molar-refractivity contribution < 1.29 is 14.7 Å². The molecule has 1 amide bonds. The third-order valence-electron chi connectivity index (χ3n) is 2.31. The van der Waals surface area contributed by atoms with E-state index in [0.717, 1.165) is 0 Å². The molecule has 0 bridgehead atoms. The second-order valence-corrected chi connectivity index (χ2v) is 4.57. The molecule has 0 radical (unpaired) electrons. The molecule has 1 atom stereocenters. The number of carbonyl (C=O) groups excluding carboxylic acids is 1. The van der Waals surface area contributed by atoms with Crippen LogP contribution in [0.5, 0.6) is 0 Å². The molecule has 98 valence electrons. The molecule has 2 N–H and O–H groups in total. The molecule has 1 unspecified atom stereocenters. The minimum Gasteiger partial charge on any atom is -0.480 e. The largest absolute Gasteiger partial charge is 0.480 e. The van der Waals surface area contributed by atoms with Gasteiger partial charge < -0.3 is 10.4 Å². The first-order valence-corrected chi connectivity index (χ1v) is 6.52. The van der Waals surface area contributed by atoms with E-state index >= 15 is 0 Å². The number of hydrogen-bond donors (Lipinski definition) is 2. The minimum atomic E-state index is -1.08. The summed E-state index contributed by atoms with van der Waals surface area (Å²) in [6.45, 7) is 4.85. The van der Waals surface area contributed by atoms with Gasteiger partial charge in [-0.1, -0.05) is 0 Å². The molecule has 0 aliphatic rings. The third-order valence-corrected chi connectivity index (χ3v) is 2.99. The summed E-state index contributed by atoms with van der Waals surface area (Å²) in [4.78, 5) is 31.0. The molecular weight excluding hydrogens is 254 g/mol. The predicted molar refractivity (Wildman–Crippen MR) is 67.9 cm³/mol. The number of aliphatic carboxylic acids is 1. The molecule has 0 aliphatic carbocycles. The summed E-state index contributed by atoms with van der Waals surface area (Å²) in [5.74, 6) is -0.967. The molecule has 1 rings (SSSR count). The summed E-state index contributed by atoms with van der Waals surface area (Å²) in [7, 11) is 0. The fourth-order valence-corrected chi connectivity index (χ4v) is 2.09. The van der Waals surface area contributed by atoms with E-state index in [1.165, 1.54) is 18.7 Å². The first-order chi connectivity index (χ1) is 8.36. The number of carboxylic acids is 1. The van der Waals surface area contributed by atoms with Gasteiger partial charge in [0.1, 0.15) is 16.9 Å². The van der Waals surface area contributed by atoms with Gasteiger partial charge >= 0.3 is 5.97 Å². The lowest BCUT2D eigenvalue weighted by Crippen LogP contribution is -2.39. The predicted octanol–water partition coefficient (Wildman–Crippen LogP) is 1.02. The van der Waals surface area contributed by atoms with Crippen molar-refractivity contribution in [1.29, 1.82) is 0 Å². The van der Waals surface area contributed by atoms with E-state index in [1.54, 1.807) is 20.1 Å². The first-order valence-electron chi connectivity index (χ1n) is 5.29. The molecule has 0 saturated carbocycles. The molecule has 1 aromatic rings. The van der Waals surface area contributed by atoms with Crippen molar-refractivity contribution in [2.24, 2.45) is 0 Å². The molecule has 0 aromatic carbocycles. The van der Waals surface area contributed by atoms with E-state index in [2.05, 4.69) is 15.3 Å². The summed E-state index contributed by atoms with van der Waals surface area (Å²) in [6.07, 6.45) is 1.80. The van der Waals surface area contributed by atoms with E-state index in [1.807, 2.05) is 0 Å². The fourth-order valence-electron chi connectivity index (χ4n) is 1.42. The fraction of sp³-hybridized carbons (Fsp3) is 0.455. The number of nitrogens with zero attached hydrogens (tertiary/aromatic N) is 2. The first kappa shape index (κ1) is 14.4. The Morgan fingerprint density at radius 2 is 1.94 bits per heavy atom. The summed E-state index contributed by atoms with van der Waals surface area (Å²) < 4.78 is 0. The standard InChI is InChI=1S/C11H15N3O3S/c1-5-8(9(15)13-6(2)11(16)17)10(18-4)14-7(3)12-5/h6H,1-4H3,(H,13,15)(H,16,17). The maximum atomic E-state index is 12.0. The van der Waals surface area contributed by atoms with Gasteiger partial charge in [-0.2, -0.15) is 0 Å². The molecule has 0 aliphatic heterocycles. The zero-order valence-electron chi connectivity index (χ0n) is 10.6. The molecule has 0 spiro atoms. The van der Waals surface area contributed by atoms with Gasteiger partial charge in [0.05, 0.1) is 11.3 Å². The zero-order chi connectivity index (χ0) is 13.9. The molecule has 0 saturated heterocycles. The highest BCUT2D eigenvalue weighted by molar-refractivity contribution is 7.98. The highest BCUT2D eigenvalue weighted by Gasteiger charge is 2.21. The number of aromatic nitrogens is 2. The highest BCUT2D eigenvalue weighted by Crippen LogP contribution is 2.20. The Kier molecular flexibility index (Phi) is 4.66. The summed E-state index contributed by atoms with van der Waals surface area (Å²) in [5.41, 5.74) is 0.878. The molecular formula is C11H15N3O3S. The highest BCUT2D eigenvalue weighted by atomic mass is 32.2. The minimum absolute atomic E-state index is 0.334. The summed E-state index contributed by atoms with van der Waals surface area (Å²) in [6, 6.07) is -0.951. The second kappa shape index (κ2) is 5.81. The molecule has 18 heavy (non-hydrogen) atoms. The van der Waals surface area contributed by atoms with Crippen LogP contribution in [-0.2, 0) is 4.79 Å². The number of amides is 1. The number of hydrogen-bond acceptors (Lipinski definition) is 5. The SMILES string of the molecule is CSc1nc(C)nc(C)c1C(=O)NC(C)C(=O)O. The number of nitrogens with one attached hydrogen (secondary N) is 1. The van der Waals surface area contributed by atoms with E-state index in [-0.39, 0.29) is 0 Å². The number of thioether (sulfide) groups is 1. The van der Waals surface area contributed by atoms with E-state index in [4.69, 9.17) is 5.11 Å². The van der Waals surface area contributed by atoms with Gasteiger partial charge in [0.25, 0.3) is 5.91 Å². The van der Waals surface area contributed by atoms with E-state index in [0.29, 0.717) is 22.1 Å². The van der Waals surface area contributed by atoms with Crippen LogP contribution in [-0.4, -0.2) is 39.2 Å². The number of carboxylic acid groups (broad SMARTS) is 1. The lowest BCUT2D eigenvalue weighted by atomic mass is 10.2. The lowest BCUT2D eigenvalue weighted by Gasteiger charge is -2.13. The summed E-state index contributed by atoms with van der Waals surface area (Å²) in [5, 5.41) is 11.7. The van der Waals surface area contributed by atoms with Crippen LogP contribution in [0.3, 0.4) is 0 Å². The van der Waals surface area contributed by atoms with Gasteiger partial charge in [0.15, 0.2) is 0 Å². The van der Waals surface area contributed by atoms with Crippen LogP contribution in [0.4, 0.5) is 0 Å². The molecule has 1 aromatic heterocycles.